The lowest BCUT2D eigenvalue weighted by atomic mass is 9.82. The van der Waals surface area contributed by atoms with E-state index < -0.39 is 13.7 Å². The van der Waals surface area contributed by atoms with Gasteiger partial charge in [-0.3, -0.25) is 4.79 Å². The van der Waals surface area contributed by atoms with Crippen LogP contribution >= 0.6 is 0 Å². The molecule has 1 fully saturated rings. The van der Waals surface area contributed by atoms with Crippen LogP contribution in [0.4, 0.5) is 0 Å². The van der Waals surface area contributed by atoms with Gasteiger partial charge >= 0.3 is 5.97 Å². The molecule has 3 atom stereocenters. The van der Waals surface area contributed by atoms with E-state index in [2.05, 4.69) is 94.9 Å². The van der Waals surface area contributed by atoms with Crippen molar-refractivity contribution in [2.24, 2.45) is 11.3 Å². The standard InChI is InChI=1S/C29H40O3Si/c1-21-19-20-25(31-27(30)28(3,4)5)22(2)26(21)32-33(29(6,7)8,23-15-11-9-12-16-23)24-17-13-10-14-18-24/h9-18,22,25-26H,1,19-20H2,2-8H3/t22-,25+,26+/m1/s1. The largest absolute Gasteiger partial charge is 0.462 e. The van der Waals surface area contributed by atoms with Crippen molar-refractivity contribution in [3.05, 3.63) is 72.8 Å². The zero-order chi connectivity index (χ0) is 24.4. The summed E-state index contributed by atoms with van der Waals surface area (Å²) in [5.74, 6) is -0.129. The predicted molar refractivity (Wildman–Crippen MR) is 139 cm³/mol. The van der Waals surface area contributed by atoms with Crippen molar-refractivity contribution in [1.82, 2.24) is 0 Å². The van der Waals surface area contributed by atoms with Crippen molar-refractivity contribution in [3.8, 4) is 0 Å². The van der Waals surface area contributed by atoms with Crippen LogP contribution in [0.3, 0.4) is 0 Å². The van der Waals surface area contributed by atoms with Crippen LogP contribution in [-0.2, 0) is 14.0 Å². The maximum atomic E-state index is 12.7. The van der Waals surface area contributed by atoms with E-state index in [-0.39, 0.29) is 29.1 Å². The number of esters is 1. The minimum absolute atomic E-state index is 0.0270. The van der Waals surface area contributed by atoms with Gasteiger partial charge < -0.3 is 9.16 Å². The Balaban J connectivity index is 2.07. The van der Waals surface area contributed by atoms with Crippen molar-refractivity contribution in [3.63, 3.8) is 0 Å². The van der Waals surface area contributed by atoms with Crippen LogP contribution in [0.25, 0.3) is 0 Å². The van der Waals surface area contributed by atoms with Crippen molar-refractivity contribution >= 4 is 24.7 Å². The number of rotatable bonds is 5. The highest BCUT2D eigenvalue weighted by Crippen LogP contribution is 2.42. The van der Waals surface area contributed by atoms with Gasteiger partial charge in [-0.15, -0.1) is 0 Å². The fourth-order valence-corrected chi connectivity index (χ4v) is 9.63. The molecular formula is C29H40O3Si. The average molecular weight is 465 g/mol. The SMILES string of the molecule is C=C1CC[C@H](OC(=O)C(C)(C)C)[C@@H](C)[C@H]1O[Si](c1ccccc1)(c1ccccc1)C(C)(C)C. The third-order valence-corrected chi connectivity index (χ3v) is 11.8. The summed E-state index contributed by atoms with van der Waals surface area (Å²) in [5, 5.41) is 2.38. The Hall–Kier alpha value is -2.17. The first kappa shape index (κ1) is 25.4. The van der Waals surface area contributed by atoms with Crippen LogP contribution in [0.2, 0.25) is 5.04 Å². The van der Waals surface area contributed by atoms with E-state index in [9.17, 15) is 4.79 Å². The topological polar surface area (TPSA) is 35.5 Å². The molecule has 0 spiro atoms. The van der Waals surface area contributed by atoms with Gasteiger partial charge in [-0.2, -0.15) is 0 Å². The minimum Gasteiger partial charge on any atom is -0.462 e. The molecule has 33 heavy (non-hydrogen) atoms. The summed E-state index contributed by atoms with van der Waals surface area (Å²) < 4.78 is 13.4. The predicted octanol–water partition coefficient (Wildman–Crippen LogP) is 5.88. The first-order chi connectivity index (χ1) is 15.4. The monoisotopic (exact) mass is 464 g/mol. The Kier molecular flexibility index (Phi) is 7.40. The molecule has 0 heterocycles. The number of ether oxygens (including phenoxy) is 1. The second-order valence-corrected chi connectivity index (χ2v) is 15.7. The van der Waals surface area contributed by atoms with Gasteiger partial charge in [0.1, 0.15) is 6.10 Å². The van der Waals surface area contributed by atoms with E-state index in [1.165, 1.54) is 10.4 Å². The Morgan fingerprint density at radius 1 is 0.909 bits per heavy atom. The van der Waals surface area contributed by atoms with Gasteiger partial charge in [0.25, 0.3) is 8.32 Å². The van der Waals surface area contributed by atoms with Crippen LogP contribution in [0.1, 0.15) is 61.3 Å². The molecule has 0 radical (unpaired) electrons. The summed E-state index contributed by atoms with van der Waals surface area (Å²) in [6, 6.07) is 21.3. The number of hydrogen-bond acceptors (Lipinski definition) is 3. The second kappa shape index (κ2) is 9.59. The Morgan fingerprint density at radius 3 is 1.82 bits per heavy atom. The van der Waals surface area contributed by atoms with Gasteiger partial charge in [0, 0.05) is 5.92 Å². The summed E-state index contributed by atoms with van der Waals surface area (Å²) in [5.41, 5.74) is 0.571. The van der Waals surface area contributed by atoms with Gasteiger partial charge in [-0.25, -0.2) is 0 Å². The molecule has 1 aliphatic rings. The van der Waals surface area contributed by atoms with E-state index in [1.54, 1.807) is 0 Å². The molecule has 0 aromatic heterocycles. The third kappa shape index (κ3) is 5.17. The molecule has 2 aromatic carbocycles. The quantitative estimate of drug-likeness (QED) is 0.315. The highest BCUT2D eigenvalue weighted by molar-refractivity contribution is 6.99. The van der Waals surface area contributed by atoms with E-state index in [1.807, 2.05) is 20.8 Å². The van der Waals surface area contributed by atoms with Crippen molar-refractivity contribution < 1.29 is 14.0 Å². The van der Waals surface area contributed by atoms with Crippen LogP contribution in [0, 0.1) is 11.3 Å². The normalized spacial score (nSPS) is 22.2. The molecule has 1 aliphatic carbocycles. The van der Waals surface area contributed by atoms with Crippen molar-refractivity contribution in [1.29, 1.82) is 0 Å². The van der Waals surface area contributed by atoms with Gasteiger partial charge in [0.05, 0.1) is 11.5 Å². The Morgan fingerprint density at radius 2 is 1.39 bits per heavy atom. The molecule has 3 rings (SSSR count). The lowest BCUT2D eigenvalue weighted by molar-refractivity contribution is -0.164. The molecule has 0 N–H and O–H groups in total. The second-order valence-electron chi connectivity index (χ2n) is 11.5. The Labute approximate surface area is 201 Å². The summed E-state index contributed by atoms with van der Waals surface area (Å²) in [6.07, 6.45) is 1.24. The molecule has 0 unspecified atom stereocenters. The van der Waals surface area contributed by atoms with Gasteiger partial charge in [0.15, 0.2) is 0 Å². The van der Waals surface area contributed by atoms with Crippen LogP contribution < -0.4 is 10.4 Å². The first-order valence-corrected chi connectivity index (χ1v) is 14.0. The molecule has 3 nitrogen and oxygen atoms in total. The average Bonchev–Trinajstić information content (AvgIpc) is 2.75. The maximum absolute atomic E-state index is 12.7. The zero-order valence-corrected chi connectivity index (χ0v) is 22.4. The third-order valence-electron chi connectivity index (χ3n) is 6.81. The molecule has 178 valence electrons. The number of hydrogen-bond donors (Lipinski definition) is 0. The molecule has 1 saturated carbocycles. The van der Waals surface area contributed by atoms with Gasteiger partial charge in [-0.05, 0) is 54.6 Å². The minimum atomic E-state index is -2.73. The summed E-state index contributed by atoms with van der Waals surface area (Å²) in [7, 11) is -2.73. The van der Waals surface area contributed by atoms with Crippen LogP contribution in [-0.4, -0.2) is 26.5 Å². The summed E-state index contributed by atoms with van der Waals surface area (Å²) in [6.45, 7) is 19.1. The van der Waals surface area contributed by atoms with Gasteiger partial charge in [-0.1, -0.05) is 94.9 Å². The molecule has 2 aromatic rings. The first-order valence-electron chi connectivity index (χ1n) is 12.1. The Bertz CT molecular complexity index is 914. The van der Waals surface area contributed by atoms with E-state index in [4.69, 9.17) is 9.16 Å². The van der Waals surface area contributed by atoms with Crippen LogP contribution in [0.15, 0.2) is 72.8 Å². The lowest BCUT2D eigenvalue weighted by Gasteiger charge is -2.48. The zero-order valence-electron chi connectivity index (χ0n) is 21.4. The fraction of sp³-hybridized carbons (Fsp3) is 0.483. The van der Waals surface area contributed by atoms with Crippen LogP contribution in [0.5, 0.6) is 0 Å². The molecule has 4 heteroatoms. The highest BCUT2D eigenvalue weighted by atomic mass is 28.4. The van der Waals surface area contributed by atoms with Crippen molar-refractivity contribution in [2.45, 2.75) is 78.6 Å². The molecule has 0 saturated heterocycles. The summed E-state index contributed by atoms with van der Waals surface area (Å²) >= 11 is 0. The van der Waals surface area contributed by atoms with E-state index in [0.717, 1.165) is 18.4 Å². The fourth-order valence-electron chi connectivity index (χ4n) is 4.85. The lowest BCUT2D eigenvalue weighted by Crippen LogP contribution is -2.68. The number of carbonyl (C=O) groups is 1. The maximum Gasteiger partial charge on any atom is 0.311 e. The molecule has 0 bridgehead atoms. The number of carbonyl (C=O) groups excluding carboxylic acids is 1. The summed E-state index contributed by atoms with van der Waals surface area (Å²) in [4.78, 5) is 12.7. The highest BCUT2D eigenvalue weighted by Gasteiger charge is 2.53. The number of benzene rings is 2. The smallest absolute Gasteiger partial charge is 0.311 e. The molecule has 0 aliphatic heterocycles. The van der Waals surface area contributed by atoms with Gasteiger partial charge in [0.2, 0.25) is 0 Å². The van der Waals surface area contributed by atoms with E-state index in [0.29, 0.717) is 0 Å². The van der Waals surface area contributed by atoms with E-state index >= 15 is 0 Å². The molecular weight excluding hydrogens is 424 g/mol. The van der Waals surface area contributed by atoms with Crippen molar-refractivity contribution in [2.75, 3.05) is 0 Å². The molecule has 0 amide bonds.